The van der Waals surface area contributed by atoms with Gasteiger partial charge in [-0.05, 0) is 32.4 Å². The summed E-state index contributed by atoms with van der Waals surface area (Å²) in [6.45, 7) is 7.03. The van der Waals surface area contributed by atoms with Crippen LogP contribution in [0.1, 0.15) is 33.1 Å². The van der Waals surface area contributed by atoms with Crippen molar-refractivity contribution in [3.8, 4) is 0 Å². The zero-order valence-electron chi connectivity index (χ0n) is 8.65. The molecule has 0 rings (SSSR count). The van der Waals surface area contributed by atoms with Crippen LogP contribution in [0.5, 0.6) is 0 Å². The predicted octanol–water partition coefficient (Wildman–Crippen LogP) is 3.14. The van der Waals surface area contributed by atoms with Gasteiger partial charge in [-0.25, -0.2) is 0 Å². The summed E-state index contributed by atoms with van der Waals surface area (Å²) in [6.07, 6.45) is 4.01. The molecule has 0 aromatic heterocycles. The van der Waals surface area contributed by atoms with Crippen LogP contribution in [-0.4, -0.2) is 30.4 Å². The third-order valence-electron chi connectivity index (χ3n) is 1.85. The second kappa shape index (κ2) is 8.06. The molecule has 0 radical (unpaired) electrons. The first kappa shape index (κ1) is 12.4. The van der Waals surface area contributed by atoms with Gasteiger partial charge in [-0.2, -0.15) is 0 Å². The number of hydrogen-bond acceptors (Lipinski definition) is 1. The van der Waals surface area contributed by atoms with E-state index in [-0.39, 0.29) is 0 Å². The summed E-state index contributed by atoms with van der Waals surface area (Å²) in [7, 11) is 2.22. The Balaban J connectivity index is 3.14. The third kappa shape index (κ3) is 8.54. The van der Waals surface area contributed by atoms with Crippen molar-refractivity contribution >= 4 is 15.9 Å². The minimum Gasteiger partial charge on any atom is -0.306 e. The fraction of sp³-hybridized carbons (Fsp3) is 1.00. The molecule has 0 heterocycles. The SMILES string of the molecule is CC(C)CN(C)CCCCCBr. The fourth-order valence-electron chi connectivity index (χ4n) is 1.37. The molecule has 1 nitrogen and oxygen atoms in total. The highest BCUT2D eigenvalue weighted by atomic mass is 79.9. The van der Waals surface area contributed by atoms with Gasteiger partial charge < -0.3 is 4.90 Å². The van der Waals surface area contributed by atoms with Crippen LogP contribution in [0.2, 0.25) is 0 Å². The quantitative estimate of drug-likeness (QED) is 0.485. The average molecular weight is 236 g/mol. The fourth-order valence-corrected chi connectivity index (χ4v) is 1.76. The van der Waals surface area contributed by atoms with E-state index >= 15 is 0 Å². The van der Waals surface area contributed by atoms with E-state index in [0.717, 1.165) is 11.2 Å². The van der Waals surface area contributed by atoms with Gasteiger partial charge in [0.25, 0.3) is 0 Å². The van der Waals surface area contributed by atoms with Crippen LogP contribution in [0.3, 0.4) is 0 Å². The van der Waals surface area contributed by atoms with Crippen molar-refractivity contribution in [3.63, 3.8) is 0 Å². The Morgan fingerprint density at radius 1 is 1.17 bits per heavy atom. The van der Waals surface area contributed by atoms with Crippen LogP contribution < -0.4 is 0 Å². The molecule has 0 aliphatic heterocycles. The third-order valence-corrected chi connectivity index (χ3v) is 2.41. The molecule has 0 unspecified atom stereocenters. The number of rotatable bonds is 7. The van der Waals surface area contributed by atoms with Crippen LogP contribution in [0.25, 0.3) is 0 Å². The van der Waals surface area contributed by atoms with E-state index in [1.807, 2.05) is 0 Å². The lowest BCUT2D eigenvalue weighted by molar-refractivity contribution is 0.289. The lowest BCUT2D eigenvalue weighted by atomic mass is 10.2. The number of hydrogen-bond donors (Lipinski definition) is 0. The van der Waals surface area contributed by atoms with Gasteiger partial charge >= 0.3 is 0 Å². The van der Waals surface area contributed by atoms with E-state index in [1.54, 1.807) is 0 Å². The molecule has 0 N–H and O–H groups in total. The summed E-state index contributed by atoms with van der Waals surface area (Å²) >= 11 is 3.44. The lowest BCUT2D eigenvalue weighted by Gasteiger charge is -2.18. The monoisotopic (exact) mass is 235 g/mol. The van der Waals surface area contributed by atoms with Crippen LogP contribution in [0.15, 0.2) is 0 Å². The Morgan fingerprint density at radius 2 is 1.83 bits per heavy atom. The normalized spacial score (nSPS) is 11.5. The van der Waals surface area contributed by atoms with E-state index < -0.39 is 0 Å². The van der Waals surface area contributed by atoms with Crippen molar-refractivity contribution in [2.75, 3.05) is 25.5 Å². The summed E-state index contributed by atoms with van der Waals surface area (Å²) in [6, 6.07) is 0. The summed E-state index contributed by atoms with van der Waals surface area (Å²) in [5, 5.41) is 1.15. The molecule has 2 heteroatoms. The second-order valence-corrected chi connectivity index (χ2v) is 4.70. The highest BCUT2D eigenvalue weighted by Crippen LogP contribution is 2.01. The van der Waals surface area contributed by atoms with Gasteiger partial charge in [-0.15, -0.1) is 0 Å². The van der Waals surface area contributed by atoms with Crippen molar-refractivity contribution in [2.24, 2.45) is 5.92 Å². The molecule has 74 valence electrons. The Labute approximate surface area is 85.7 Å². The molecular weight excluding hydrogens is 214 g/mol. The lowest BCUT2D eigenvalue weighted by Crippen LogP contribution is -2.24. The molecule has 0 aromatic carbocycles. The van der Waals surface area contributed by atoms with Gasteiger partial charge in [0.15, 0.2) is 0 Å². The molecule has 0 fully saturated rings. The van der Waals surface area contributed by atoms with E-state index in [0.29, 0.717) is 0 Å². The summed E-state index contributed by atoms with van der Waals surface area (Å²) < 4.78 is 0. The van der Waals surface area contributed by atoms with Crippen LogP contribution in [-0.2, 0) is 0 Å². The highest BCUT2D eigenvalue weighted by Gasteiger charge is 2.00. The topological polar surface area (TPSA) is 3.24 Å². The average Bonchev–Trinajstić information content (AvgIpc) is 1.97. The maximum atomic E-state index is 3.44. The molecule has 12 heavy (non-hydrogen) atoms. The number of nitrogens with zero attached hydrogens (tertiary/aromatic N) is 1. The van der Waals surface area contributed by atoms with Crippen molar-refractivity contribution in [1.29, 1.82) is 0 Å². The second-order valence-electron chi connectivity index (χ2n) is 3.91. The molecule has 0 saturated heterocycles. The van der Waals surface area contributed by atoms with Crippen LogP contribution >= 0.6 is 15.9 Å². The Morgan fingerprint density at radius 3 is 2.33 bits per heavy atom. The van der Waals surface area contributed by atoms with Gasteiger partial charge in [-0.1, -0.05) is 36.2 Å². The molecule has 0 saturated carbocycles. The maximum absolute atomic E-state index is 3.44. The summed E-state index contributed by atoms with van der Waals surface area (Å²) in [4.78, 5) is 2.43. The first-order valence-corrected chi connectivity index (χ1v) is 6.03. The van der Waals surface area contributed by atoms with Crippen LogP contribution in [0, 0.1) is 5.92 Å². The van der Waals surface area contributed by atoms with Gasteiger partial charge in [0, 0.05) is 11.9 Å². The largest absolute Gasteiger partial charge is 0.306 e. The molecule has 0 spiro atoms. The molecule has 0 aliphatic rings. The molecular formula is C10H22BrN. The standard InChI is InChI=1S/C10H22BrN/c1-10(2)9-12(3)8-6-4-5-7-11/h10H,4-9H2,1-3H3. The minimum absolute atomic E-state index is 0.797. The molecule has 0 bridgehead atoms. The van der Waals surface area contributed by atoms with Crippen LogP contribution in [0.4, 0.5) is 0 Å². The van der Waals surface area contributed by atoms with E-state index in [9.17, 15) is 0 Å². The zero-order chi connectivity index (χ0) is 9.40. The van der Waals surface area contributed by atoms with E-state index in [1.165, 1.54) is 32.4 Å². The summed E-state index contributed by atoms with van der Waals surface area (Å²) in [5.74, 6) is 0.797. The van der Waals surface area contributed by atoms with Crippen molar-refractivity contribution in [3.05, 3.63) is 0 Å². The first-order valence-electron chi connectivity index (χ1n) is 4.91. The highest BCUT2D eigenvalue weighted by molar-refractivity contribution is 9.09. The zero-order valence-corrected chi connectivity index (χ0v) is 10.2. The van der Waals surface area contributed by atoms with Crippen molar-refractivity contribution in [1.82, 2.24) is 4.90 Å². The molecule has 0 atom stereocenters. The number of alkyl halides is 1. The van der Waals surface area contributed by atoms with Gasteiger partial charge in [0.2, 0.25) is 0 Å². The Hall–Kier alpha value is 0.440. The minimum atomic E-state index is 0.797. The van der Waals surface area contributed by atoms with E-state index in [4.69, 9.17) is 0 Å². The molecule has 0 amide bonds. The smallest absolute Gasteiger partial charge is 0.00313 e. The van der Waals surface area contributed by atoms with Gasteiger partial charge in [-0.3, -0.25) is 0 Å². The van der Waals surface area contributed by atoms with Gasteiger partial charge in [0.1, 0.15) is 0 Å². The summed E-state index contributed by atoms with van der Waals surface area (Å²) in [5.41, 5.74) is 0. The predicted molar refractivity (Wildman–Crippen MR) is 60.0 cm³/mol. The Kier molecular flexibility index (Phi) is 8.35. The molecule has 0 aliphatic carbocycles. The van der Waals surface area contributed by atoms with Crippen molar-refractivity contribution in [2.45, 2.75) is 33.1 Å². The maximum Gasteiger partial charge on any atom is 0.00313 e. The van der Waals surface area contributed by atoms with Crippen molar-refractivity contribution < 1.29 is 0 Å². The number of unbranched alkanes of at least 4 members (excludes halogenated alkanes) is 2. The van der Waals surface area contributed by atoms with Gasteiger partial charge in [0.05, 0.1) is 0 Å². The Bertz CT molecular complexity index is 93.8. The molecule has 0 aromatic rings. The van der Waals surface area contributed by atoms with E-state index in [2.05, 4.69) is 41.7 Å². The number of halogens is 1. The first-order chi connectivity index (χ1) is 5.66.